The molecular formula is C31H23ClN2O4S. The van der Waals surface area contributed by atoms with E-state index in [0.29, 0.717) is 21.2 Å². The van der Waals surface area contributed by atoms with E-state index in [1.807, 2.05) is 78.9 Å². The van der Waals surface area contributed by atoms with Gasteiger partial charge >= 0.3 is 5.97 Å². The van der Waals surface area contributed by atoms with Gasteiger partial charge in [0, 0.05) is 15.6 Å². The van der Waals surface area contributed by atoms with Crippen LogP contribution >= 0.6 is 22.9 Å². The van der Waals surface area contributed by atoms with Gasteiger partial charge in [-0.3, -0.25) is 4.79 Å². The minimum atomic E-state index is -0.784. The van der Waals surface area contributed by atoms with Crippen LogP contribution in [0.5, 0.6) is 11.5 Å². The first-order valence-corrected chi connectivity index (χ1v) is 13.3. The number of thiophene rings is 1. The van der Waals surface area contributed by atoms with Crippen LogP contribution in [0, 0.1) is 0 Å². The lowest BCUT2D eigenvalue weighted by Gasteiger charge is -2.13. The van der Waals surface area contributed by atoms with Crippen molar-refractivity contribution >= 4 is 51.1 Å². The highest BCUT2D eigenvalue weighted by molar-refractivity contribution is 7.21. The lowest BCUT2D eigenvalue weighted by Crippen LogP contribution is -2.33. The van der Waals surface area contributed by atoms with Crippen LogP contribution in [0.1, 0.15) is 22.2 Å². The van der Waals surface area contributed by atoms with Crippen molar-refractivity contribution in [3.63, 3.8) is 0 Å². The normalized spacial score (nSPS) is 11.8. The Labute approximate surface area is 234 Å². The van der Waals surface area contributed by atoms with Gasteiger partial charge in [-0.05, 0) is 48.4 Å². The van der Waals surface area contributed by atoms with E-state index in [1.165, 1.54) is 17.6 Å². The number of amides is 1. The van der Waals surface area contributed by atoms with Gasteiger partial charge in [-0.15, -0.1) is 11.3 Å². The smallest absolute Gasteiger partial charge is 0.355 e. The van der Waals surface area contributed by atoms with Crippen LogP contribution in [0.3, 0.4) is 0 Å². The number of fused-ring (bicyclic) bond motifs is 1. The summed E-state index contributed by atoms with van der Waals surface area (Å²) in [6.07, 6.45) is 0.627. The third-order valence-electron chi connectivity index (χ3n) is 5.86. The lowest BCUT2D eigenvalue weighted by atomic mass is 10.1. The summed E-state index contributed by atoms with van der Waals surface area (Å²) < 4.78 is 12.3. The lowest BCUT2D eigenvalue weighted by molar-refractivity contribution is -0.127. The number of hydrogen-bond donors (Lipinski definition) is 1. The van der Waals surface area contributed by atoms with E-state index in [0.717, 1.165) is 21.2 Å². The molecule has 0 aliphatic heterocycles. The van der Waals surface area contributed by atoms with Gasteiger partial charge in [0.15, 0.2) is 6.10 Å². The topological polar surface area (TPSA) is 77.0 Å². The first kappa shape index (κ1) is 26.2. The Balaban J connectivity index is 1.20. The van der Waals surface area contributed by atoms with Crippen LogP contribution < -0.4 is 14.9 Å². The van der Waals surface area contributed by atoms with Crippen molar-refractivity contribution in [1.29, 1.82) is 0 Å². The van der Waals surface area contributed by atoms with Crippen molar-refractivity contribution < 1.29 is 19.1 Å². The number of hydrazone groups is 1. The Kier molecular flexibility index (Phi) is 8.01. The molecule has 5 rings (SSSR count). The summed E-state index contributed by atoms with van der Waals surface area (Å²) in [5.74, 6) is -0.133. The van der Waals surface area contributed by atoms with Gasteiger partial charge in [0.05, 0.1) is 11.2 Å². The molecule has 0 spiro atoms. The second-order valence-electron chi connectivity index (χ2n) is 8.55. The summed E-state index contributed by atoms with van der Waals surface area (Å²) in [5, 5.41) is 5.20. The number of esters is 1. The van der Waals surface area contributed by atoms with Gasteiger partial charge in [0.25, 0.3) is 5.91 Å². The Morgan fingerprint density at radius 1 is 0.872 bits per heavy atom. The monoisotopic (exact) mass is 554 g/mol. The van der Waals surface area contributed by atoms with Crippen LogP contribution in [0.15, 0.2) is 108 Å². The number of para-hydroxylation sites is 1. The standard InChI is InChI=1S/C31H23ClN2O4S/c1-20(37-24-17-15-22(16-18-24)21-9-3-2-4-10-21)30(35)34-33-19-23-11-5-7-13-26(23)38-31(36)29-28(32)25-12-6-8-14-27(25)39-29/h2-20H,1H3,(H,34,35)/b33-19+. The maximum Gasteiger partial charge on any atom is 0.355 e. The van der Waals surface area contributed by atoms with E-state index in [4.69, 9.17) is 21.1 Å². The third kappa shape index (κ3) is 6.17. The van der Waals surface area contributed by atoms with E-state index in [1.54, 1.807) is 31.2 Å². The summed E-state index contributed by atoms with van der Waals surface area (Å²) in [7, 11) is 0. The molecule has 1 aromatic heterocycles. The molecule has 0 aliphatic carbocycles. The first-order valence-electron chi connectivity index (χ1n) is 12.1. The highest BCUT2D eigenvalue weighted by Crippen LogP contribution is 2.36. The van der Waals surface area contributed by atoms with Crippen molar-refractivity contribution in [1.82, 2.24) is 5.43 Å². The minimum Gasteiger partial charge on any atom is -0.481 e. The summed E-state index contributed by atoms with van der Waals surface area (Å²) in [6.45, 7) is 1.64. The third-order valence-corrected chi connectivity index (χ3v) is 7.52. The van der Waals surface area contributed by atoms with Crippen molar-refractivity contribution in [2.24, 2.45) is 5.10 Å². The number of benzene rings is 4. The Hall–Kier alpha value is -4.46. The van der Waals surface area contributed by atoms with Crippen LogP contribution in [0.25, 0.3) is 21.2 Å². The number of nitrogens with one attached hydrogen (secondary N) is 1. The van der Waals surface area contributed by atoms with Crippen LogP contribution in [-0.2, 0) is 4.79 Å². The molecule has 1 amide bonds. The maximum absolute atomic E-state index is 12.9. The number of ether oxygens (including phenoxy) is 2. The van der Waals surface area contributed by atoms with Crippen molar-refractivity contribution in [2.75, 3.05) is 0 Å². The van der Waals surface area contributed by atoms with E-state index in [2.05, 4.69) is 10.5 Å². The van der Waals surface area contributed by atoms with Crippen LogP contribution in [0.4, 0.5) is 0 Å². The molecule has 0 aliphatic rings. The molecular weight excluding hydrogens is 532 g/mol. The van der Waals surface area contributed by atoms with Gasteiger partial charge in [0.1, 0.15) is 16.4 Å². The summed E-state index contributed by atoms with van der Waals surface area (Å²) in [6, 6.07) is 31.9. The molecule has 0 fully saturated rings. The molecule has 1 unspecified atom stereocenters. The molecule has 0 radical (unpaired) electrons. The van der Waals surface area contributed by atoms with Gasteiger partial charge in [-0.25, -0.2) is 10.2 Å². The van der Waals surface area contributed by atoms with Crippen molar-refractivity contribution in [3.8, 4) is 22.6 Å². The molecule has 1 heterocycles. The Morgan fingerprint density at radius 2 is 1.54 bits per heavy atom. The van der Waals surface area contributed by atoms with E-state index in [-0.39, 0.29) is 5.75 Å². The minimum absolute atomic E-state index is 0.289. The zero-order valence-corrected chi connectivity index (χ0v) is 22.4. The van der Waals surface area contributed by atoms with Crippen LogP contribution in [-0.4, -0.2) is 24.2 Å². The first-order chi connectivity index (χ1) is 19.0. The molecule has 1 N–H and O–H groups in total. The second-order valence-corrected chi connectivity index (χ2v) is 9.98. The number of carbonyl (C=O) groups excluding carboxylic acids is 2. The van der Waals surface area contributed by atoms with Crippen molar-refractivity contribution in [3.05, 3.63) is 119 Å². The fraction of sp³-hybridized carbons (Fsp3) is 0.0645. The summed E-state index contributed by atoms with van der Waals surface area (Å²) >= 11 is 7.69. The van der Waals surface area contributed by atoms with Gasteiger partial charge < -0.3 is 9.47 Å². The number of hydrogen-bond acceptors (Lipinski definition) is 6. The molecule has 194 valence electrons. The molecule has 8 heteroatoms. The Bertz CT molecular complexity index is 1650. The predicted molar refractivity (Wildman–Crippen MR) is 156 cm³/mol. The average molecular weight is 555 g/mol. The predicted octanol–water partition coefficient (Wildman–Crippen LogP) is 7.36. The maximum atomic E-state index is 12.9. The zero-order chi connectivity index (χ0) is 27.2. The number of nitrogens with zero attached hydrogens (tertiary/aromatic N) is 1. The highest BCUT2D eigenvalue weighted by Gasteiger charge is 2.20. The second kappa shape index (κ2) is 11.9. The van der Waals surface area contributed by atoms with Gasteiger partial charge in [-0.1, -0.05) is 84.4 Å². The molecule has 5 aromatic rings. The zero-order valence-electron chi connectivity index (χ0n) is 20.8. The Morgan fingerprint density at radius 3 is 2.31 bits per heavy atom. The number of carbonyl (C=O) groups is 2. The van der Waals surface area contributed by atoms with Crippen molar-refractivity contribution in [2.45, 2.75) is 13.0 Å². The molecule has 6 nitrogen and oxygen atoms in total. The summed E-state index contributed by atoms with van der Waals surface area (Å²) in [4.78, 5) is 25.7. The van der Waals surface area contributed by atoms with Crippen LogP contribution in [0.2, 0.25) is 5.02 Å². The number of rotatable bonds is 8. The fourth-order valence-electron chi connectivity index (χ4n) is 3.84. The summed E-state index contributed by atoms with van der Waals surface area (Å²) in [5.41, 5.74) is 5.13. The quantitative estimate of drug-likeness (QED) is 0.0940. The SMILES string of the molecule is CC(Oc1ccc(-c2ccccc2)cc1)C(=O)N/N=C/c1ccccc1OC(=O)c1sc2ccccc2c1Cl. The van der Waals surface area contributed by atoms with E-state index < -0.39 is 18.0 Å². The molecule has 39 heavy (non-hydrogen) atoms. The highest BCUT2D eigenvalue weighted by atomic mass is 35.5. The van der Waals surface area contributed by atoms with Gasteiger partial charge in [-0.2, -0.15) is 5.10 Å². The molecule has 1 atom stereocenters. The average Bonchev–Trinajstić information content (AvgIpc) is 3.31. The fourth-order valence-corrected chi connectivity index (χ4v) is 5.23. The molecule has 0 saturated carbocycles. The van der Waals surface area contributed by atoms with Gasteiger partial charge in [0.2, 0.25) is 0 Å². The molecule has 4 aromatic carbocycles. The van der Waals surface area contributed by atoms with E-state index in [9.17, 15) is 9.59 Å². The largest absolute Gasteiger partial charge is 0.481 e. The molecule has 0 bridgehead atoms. The number of halogens is 1. The van der Waals surface area contributed by atoms with E-state index >= 15 is 0 Å². The molecule has 0 saturated heterocycles.